The van der Waals surface area contributed by atoms with Crippen LogP contribution in [0.2, 0.25) is 0 Å². The van der Waals surface area contributed by atoms with E-state index < -0.39 is 5.63 Å². The normalized spacial score (nSPS) is 10.7. The van der Waals surface area contributed by atoms with E-state index in [4.69, 9.17) is 13.9 Å². The zero-order chi connectivity index (χ0) is 18.8. The molecule has 0 saturated heterocycles. The summed E-state index contributed by atoms with van der Waals surface area (Å²) >= 11 is 0. The van der Waals surface area contributed by atoms with Gasteiger partial charge in [-0.05, 0) is 17.7 Å². The topological polar surface area (TPSA) is 48.7 Å². The van der Waals surface area contributed by atoms with E-state index in [-0.39, 0.29) is 0 Å². The van der Waals surface area contributed by atoms with Gasteiger partial charge in [-0.2, -0.15) is 0 Å². The molecule has 0 aliphatic carbocycles. The van der Waals surface area contributed by atoms with Crippen LogP contribution in [-0.2, 0) is 0 Å². The van der Waals surface area contributed by atoms with Crippen molar-refractivity contribution in [3.05, 3.63) is 83.2 Å². The first-order valence-corrected chi connectivity index (χ1v) is 8.56. The molecule has 0 bridgehead atoms. The molecule has 0 aliphatic rings. The highest BCUT2D eigenvalue weighted by molar-refractivity contribution is 6.02. The minimum atomic E-state index is -0.413. The predicted octanol–water partition coefficient (Wildman–Crippen LogP) is 5.14. The third-order valence-corrected chi connectivity index (χ3v) is 4.53. The summed E-state index contributed by atoms with van der Waals surface area (Å²) in [6.07, 6.45) is 0. The zero-order valence-corrected chi connectivity index (χ0v) is 15.1. The third kappa shape index (κ3) is 2.95. The van der Waals surface area contributed by atoms with Gasteiger partial charge in [0.1, 0.15) is 5.76 Å². The summed E-state index contributed by atoms with van der Waals surface area (Å²) in [6.45, 7) is 0. The highest BCUT2D eigenvalue weighted by Crippen LogP contribution is 2.40. The zero-order valence-electron chi connectivity index (χ0n) is 15.1. The fourth-order valence-electron chi connectivity index (χ4n) is 3.26. The first-order chi connectivity index (χ1) is 13.2. The van der Waals surface area contributed by atoms with Crippen molar-refractivity contribution in [1.29, 1.82) is 0 Å². The van der Waals surface area contributed by atoms with Gasteiger partial charge in [-0.1, -0.05) is 60.7 Å². The largest absolute Gasteiger partial charge is 0.493 e. The standard InChI is InChI=1S/C23H18O4/c1-25-19-13-17-18(14-20(19)26-2)23(24)27-22(16-11-7-4-8-12-16)21(17)15-9-5-3-6-10-15/h3-14H,1-2H3. The number of benzene rings is 3. The molecule has 3 aromatic carbocycles. The van der Waals surface area contributed by atoms with Crippen molar-refractivity contribution < 1.29 is 13.9 Å². The van der Waals surface area contributed by atoms with Crippen LogP contribution in [0.5, 0.6) is 11.5 Å². The molecule has 0 radical (unpaired) electrons. The minimum Gasteiger partial charge on any atom is -0.493 e. The predicted molar refractivity (Wildman–Crippen MR) is 106 cm³/mol. The molecular formula is C23H18O4. The summed E-state index contributed by atoms with van der Waals surface area (Å²) in [5.41, 5.74) is 2.23. The second-order valence-electron chi connectivity index (χ2n) is 6.08. The van der Waals surface area contributed by atoms with Crippen LogP contribution in [0.1, 0.15) is 0 Å². The first kappa shape index (κ1) is 16.9. The Morgan fingerprint density at radius 3 is 1.78 bits per heavy atom. The summed E-state index contributed by atoms with van der Waals surface area (Å²) in [4.78, 5) is 12.8. The van der Waals surface area contributed by atoms with Crippen molar-refractivity contribution in [2.45, 2.75) is 0 Å². The van der Waals surface area contributed by atoms with Gasteiger partial charge in [-0.15, -0.1) is 0 Å². The lowest BCUT2D eigenvalue weighted by Gasteiger charge is -2.14. The van der Waals surface area contributed by atoms with Gasteiger partial charge in [0.2, 0.25) is 0 Å². The maximum atomic E-state index is 12.8. The molecule has 27 heavy (non-hydrogen) atoms. The summed E-state index contributed by atoms with van der Waals surface area (Å²) in [6, 6.07) is 23.0. The van der Waals surface area contributed by atoms with E-state index >= 15 is 0 Å². The van der Waals surface area contributed by atoms with E-state index in [0.29, 0.717) is 22.6 Å². The number of ether oxygens (including phenoxy) is 2. The lowest BCUT2D eigenvalue weighted by atomic mass is 9.95. The molecule has 0 saturated carbocycles. The second kappa shape index (κ2) is 7.00. The molecule has 0 atom stereocenters. The molecule has 4 heteroatoms. The smallest absolute Gasteiger partial charge is 0.344 e. The quantitative estimate of drug-likeness (QED) is 0.506. The van der Waals surface area contributed by atoms with Gasteiger partial charge in [0.05, 0.1) is 19.6 Å². The monoisotopic (exact) mass is 358 g/mol. The second-order valence-corrected chi connectivity index (χ2v) is 6.08. The number of hydrogen-bond donors (Lipinski definition) is 0. The molecule has 0 spiro atoms. The molecule has 1 heterocycles. The maximum absolute atomic E-state index is 12.8. The molecule has 0 aliphatic heterocycles. The van der Waals surface area contributed by atoms with Crippen LogP contribution >= 0.6 is 0 Å². The SMILES string of the molecule is COc1cc2c(-c3ccccc3)c(-c3ccccc3)oc(=O)c2cc1OC. The maximum Gasteiger partial charge on any atom is 0.344 e. The van der Waals surface area contributed by atoms with Gasteiger partial charge in [0, 0.05) is 16.5 Å². The Kier molecular flexibility index (Phi) is 4.38. The molecule has 0 amide bonds. The Balaban J connectivity index is 2.17. The van der Waals surface area contributed by atoms with Gasteiger partial charge in [0.25, 0.3) is 0 Å². The minimum absolute atomic E-state index is 0.413. The average molecular weight is 358 g/mol. The summed E-state index contributed by atoms with van der Waals surface area (Å²) < 4.78 is 16.6. The lowest BCUT2D eigenvalue weighted by Crippen LogP contribution is -2.04. The van der Waals surface area contributed by atoms with Gasteiger partial charge in [-0.25, -0.2) is 4.79 Å². The molecule has 4 rings (SSSR count). The van der Waals surface area contributed by atoms with E-state index in [0.717, 1.165) is 22.1 Å². The Labute approximate surface area is 156 Å². The van der Waals surface area contributed by atoms with E-state index in [1.807, 2.05) is 66.7 Å². The molecule has 0 fully saturated rings. The highest BCUT2D eigenvalue weighted by Gasteiger charge is 2.19. The Hall–Kier alpha value is -3.53. The van der Waals surface area contributed by atoms with Crippen molar-refractivity contribution >= 4 is 10.8 Å². The van der Waals surface area contributed by atoms with Gasteiger partial charge in [0.15, 0.2) is 11.5 Å². The van der Waals surface area contributed by atoms with Crippen LogP contribution in [0.3, 0.4) is 0 Å². The van der Waals surface area contributed by atoms with E-state index in [1.54, 1.807) is 20.3 Å². The third-order valence-electron chi connectivity index (χ3n) is 4.53. The van der Waals surface area contributed by atoms with Crippen molar-refractivity contribution in [1.82, 2.24) is 0 Å². The van der Waals surface area contributed by atoms with E-state index in [2.05, 4.69) is 0 Å². The Morgan fingerprint density at radius 1 is 0.704 bits per heavy atom. The van der Waals surface area contributed by atoms with Crippen molar-refractivity contribution in [3.8, 4) is 33.9 Å². The molecule has 4 nitrogen and oxygen atoms in total. The van der Waals surface area contributed by atoms with E-state index in [9.17, 15) is 4.79 Å². The Morgan fingerprint density at radius 2 is 1.22 bits per heavy atom. The summed E-state index contributed by atoms with van der Waals surface area (Å²) in [7, 11) is 3.12. The fourth-order valence-corrected chi connectivity index (χ4v) is 3.26. The number of rotatable bonds is 4. The molecular weight excluding hydrogens is 340 g/mol. The van der Waals surface area contributed by atoms with Crippen LogP contribution in [0.4, 0.5) is 0 Å². The van der Waals surface area contributed by atoms with Gasteiger partial charge in [-0.3, -0.25) is 0 Å². The lowest BCUT2D eigenvalue weighted by molar-refractivity contribution is 0.355. The average Bonchev–Trinajstić information content (AvgIpc) is 2.74. The number of methoxy groups -OCH3 is 2. The molecule has 0 unspecified atom stereocenters. The molecule has 1 aromatic heterocycles. The van der Waals surface area contributed by atoms with Crippen LogP contribution in [0.25, 0.3) is 33.2 Å². The molecule has 134 valence electrons. The highest BCUT2D eigenvalue weighted by atomic mass is 16.5. The number of hydrogen-bond acceptors (Lipinski definition) is 4. The summed E-state index contributed by atoms with van der Waals surface area (Å²) in [5, 5.41) is 1.21. The van der Waals surface area contributed by atoms with Crippen molar-refractivity contribution in [2.75, 3.05) is 14.2 Å². The first-order valence-electron chi connectivity index (χ1n) is 8.56. The summed E-state index contributed by atoms with van der Waals surface area (Å²) in [5.74, 6) is 1.59. The van der Waals surface area contributed by atoms with Crippen LogP contribution in [-0.4, -0.2) is 14.2 Å². The van der Waals surface area contributed by atoms with Crippen LogP contribution in [0.15, 0.2) is 82.0 Å². The number of fused-ring (bicyclic) bond motifs is 1. The van der Waals surface area contributed by atoms with Crippen molar-refractivity contribution in [2.24, 2.45) is 0 Å². The van der Waals surface area contributed by atoms with Gasteiger partial charge < -0.3 is 13.9 Å². The Bertz CT molecular complexity index is 1150. The van der Waals surface area contributed by atoms with Gasteiger partial charge >= 0.3 is 5.63 Å². The van der Waals surface area contributed by atoms with Crippen LogP contribution in [0, 0.1) is 0 Å². The van der Waals surface area contributed by atoms with Crippen molar-refractivity contribution in [3.63, 3.8) is 0 Å². The fraction of sp³-hybridized carbons (Fsp3) is 0.0870. The van der Waals surface area contributed by atoms with E-state index in [1.165, 1.54) is 0 Å². The molecule has 0 N–H and O–H groups in total. The van der Waals surface area contributed by atoms with Crippen LogP contribution < -0.4 is 15.1 Å². The molecule has 4 aromatic rings.